The van der Waals surface area contributed by atoms with Gasteiger partial charge in [-0.3, -0.25) is 9.69 Å². The van der Waals surface area contributed by atoms with E-state index in [0.717, 1.165) is 32.5 Å². The molecule has 3 rings (SSSR count). The van der Waals surface area contributed by atoms with E-state index in [9.17, 15) is 4.79 Å². The predicted octanol–water partition coefficient (Wildman–Crippen LogP) is 1.73. The molecule has 3 N–H and O–H groups in total. The van der Waals surface area contributed by atoms with E-state index in [4.69, 9.17) is 5.73 Å². The Morgan fingerprint density at radius 1 is 1.45 bits per heavy atom. The number of rotatable bonds is 6. The van der Waals surface area contributed by atoms with Gasteiger partial charge in [-0.1, -0.05) is 0 Å². The Balaban J connectivity index is 0.00000176. The zero-order valence-electron chi connectivity index (χ0n) is 12.8. The average molecular weight is 345 g/mol. The number of hydrogen-bond donors (Lipinski definition) is 2. The SMILES string of the molecule is Cl.NCCNC(=O)C1CCCN(Cc2scnc2C2CC2)C1. The molecular weight excluding hydrogens is 320 g/mol. The van der Waals surface area contributed by atoms with Crippen LogP contribution in [-0.2, 0) is 11.3 Å². The molecule has 1 aromatic heterocycles. The Labute approximate surface area is 142 Å². The van der Waals surface area contributed by atoms with Gasteiger partial charge in [0.05, 0.1) is 17.1 Å². The highest BCUT2D eigenvalue weighted by molar-refractivity contribution is 7.09. The normalized spacial score (nSPS) is 22.1. The second-order valence-corrected chi connectivity index (χ2v) is 7.03. The number of nitrogens with two attached hydrogens (primary N) is 1. The van der Waals surface area contributed by atoms with Gasteiger partial charge in [0.15, 0.2) is 0 Å². The molecule has 2 aliphatic rings. The van der Waals surface area contributed by atoms with E-state index in [0.29, 0.717) is 19.0 Å². The third-order valence-electron chi connectivity index (χ3n) is 4.32. The largest absolute Gasteiger partial charge is 0.355 e. The van der Waals surface area contributed by atoms with Gasteiger partial charge >= 0.3 is 0 Å². The molecule has 1 saturated carbocycles. The monoisotopic (exact) mass is 344 g/mol. The van der Waals surface area contributed by atoms with Crippen LogP contribution in [0.5, 0.6) is 0 Å². The molecule has 22 heavy (non-hydrogen) atoms. The number of nitrogens with one attached hydrogen (secondary N) is 1. The molecule has 1 aliphatic carbocycles. The third-order valence-corrected chi connectivity index (χ3v) is 5.16. The summed E-state index contributed by atoms with van der Waals surface area (Å²) in [4.78, 5) is 20.4. The Morgan fingerprint density at radius 3 is 3.00 bits per heavy atom. The van der Waals surface area contributed by atoms with Crippen LogP contribution < -0.4 is 11.1 Å². The van der Waals surface area contributed by atoms with Gasteiger partial charge in [0.1, 0.15) is 0 Å². The summed E-state index contributed by atoms with van der Waals surface area (Å²) in [7, 11) is 0. The van der Waals surface area contributed by atoms with Crippen molar-refractivity contribution in [1.29, 1.82) is 0 Å². The van der Waals surface area contributed by atoms with Crippen molar-refractivity contribution in [3.05, 3.63) is 16.1 Å². The molecular formula is C15H25ClN4OS. The molecule has 1 aromatic rings. The molecule has 2 fully saturated rings. The van der Waals surface area contributed by atoms with Crippen LogP contribution in [0, 0.1) is 5.92 Å². The van der Waals surface area contributed by atoms with Crippen molar-refractivity contribution >= 4 is 29.7 Å². The van der Waals surface area contributed by atoms with E-state index >= 15 is 0 Å². The second-order valence-electron chi connectivity index (χ2n) is 6.09. The first-order valence-electron chi connectivity index (χ1n) is 7.90. The number of thiazole rings is 1. The highest BCUT2D eigenvalue weighted by atomic mass is 35.5. The number of carbonyl (C=O) groups excluding carboxylic acids is 1. The Morgan fingerprint density at radius 2 is 2.27 bits per heavy atom. The van der Waals surface area contributed by atoms with Crippen molar-refractivity contribution in [1.82, 2.24) is 15.2 Å². The summed E-state index contributed by atoms with van der Waals surface area (Å²) in [6, 6.07) is 0. The summed E-state index contributed by atoms with van der Waals surface area (Å²) in [5.41, 5.74) is 8.73. The topological polar surface area (TPSA) is 71.2 Å². The lowest BCUT2D eigenvalue weighted by atomic mass is 9.97. The van der Waals surface area contributed by atoms with Crippen LogP contribution >= 0.6 is 23.7 Å². The summed E-state index contributed by atoms with van der Waals surface area (Å²) in [5.74, 6) is 0.985. The Bertz CT molecular complexity index is 492. The van der Waals surface area contributed by atoms with Gasteiger partial charge in [0, 0.05) is 37.0 Å². The van der Waals surface area contributed by atoms with Gasteiger partial charge in [-0.2, -0.15) is 0 Å². The Kier molecular flexibility index (Phi) is 6.62. The molecule has 1 amide bonds. The third kappa shape index (κ3) is 4.41. The molecule has 1 saturated heterocycles. The second kappa shape index (κ2) is 8.24. The predicted molar refractivity (Wildman–Crippen MR) is 91.4 cm³/mol. The molecule has 7 heteroatoms. The fraction of sp³-hybridized carbons (Fsp3) is 0.733. The van der Waals surface area contributed by atoms with Crippen molar-refractivity contribution in [3.63, 3.8) is 0 Å². The molecule has 0 spiro atoms. The van der Waals surface area contributed by atoms with Gasteiger partial charge in [-0.15, -0.1) is 23.7 Å². The highest BCUT2D eigenvalue weighted by Gasteiger charge is 2.30. The van der Waals surface area contributed by atoms with Crippen molar-refractivity contribution in [2.75, 3.05) is 26.2 Å². The Hall–Kier alpha value is -0.690. The maximum absolute atomic E-state index is 12.1. The molecule has 124 valence electrons. The minimum absolute atomic E-state index is 0. The van der Waals surface area contributed by atoms with Crippen molar-refractivity contribution in [2.24, 2.45) is 11.7 Å². The average Bonchev–Trinajstić information content (AvgIpc) is 3.25. The number of carbonyl (C=O) groups is 1. The van der Waals surface area contributed by atoms with E-state index in [2.05, 4.69) is 15.2 Å². The molecule has 0 aromatic carbocycles. The highest BCUT2D eigenvalue weighted by Crippen LogP contribution is 2.42. The summed E-state index contributed by atoms with van der Waals surface area (Å²) in [6.07, 6.45) is 4.67. The molecule has 0 bridgehead atoms. The summed E-state index contributed by atoms with van der Waals surface area (Å²) >= 11 is 1.77. The maximum atomic E-state index is 12.1. The number of nitrogens with zero attached hydrogens (tertiary/aromatic N) is 2. The molecule has 0 radical (unpaired) electrons. The summed E-state index contributed by atoms with van der Waals surface area (Å²) in [5, 5.41) is 2.92. The molecule has 1 aliphatic heterocycles. The van der Waals surface area contributed by atoms with Crippen molar-refractivity contribution in [3.8, 4) is 0 Å². The molecule has 2 heterocycles. The summed E-state index contributed by atoms with van der Waals surface area (Å²) < 4.78 is 0. The molecule has 1 atom stereocenters. The number of piperidine rings is 1. The van der Waals surface area contributed by atoms with Gasteiger partial charge in [-0.25, -0.2) is 4.98 Å². The van der Waals surface area contributed by atoms with E-state index < -0.39 is 0 Å². The van der Waals surface area contributed by atoms with Crippen LogP contribution in [0.3, 0.4) is 0 Å². The quantitative estimate of drug-likeness (QED) is 0.824. The van der Waals surface area contributed by atoms with Gasteiger partial charge < -0.3 is 11.1 Å². The lowest BCUT2D eigenvalue weighted by Gasteiger charge is -2.31. The number of aromatic nitrogens is 1. The van der Waals surface area contributed by atoms with Crippen LogP contribution in [0.4, 0.5) is 0 Å². The molecule has 5 nitrogen and oxygen atoms in total. The lowest BCUT2D eigenvalue weighted by molar-refractivity contribution is -0.126. The first kappa shape index (κ1) is 17.7. The standard InChI is InChI=1S/C15H24N4OS.ClH/c16-5-6-17-15(20)12-2-1-7-19(8-12)9-13-14(11-3-4-11)18-10-21-13;/h10-12H,1-9,16H2,(H,17,20);1H. The smallest absolute Gasteiger partial charge is 0.224 e. The van der Waals surface area contributed by atoms with Gasteiger partial charge in [-0.05, 0) is 32.2 Å². The van der Waals surface area contributed by atoms with Gasteiger partial charge in [0.2, 0.25) is 5.91 Å². The fourth-order valence-electron chi connectivity index (χ4n) is 3.04. The minimum Gasteiger partial charge on any atom is -0.355 e. The van der Waals surface area contributed by atoms with Crippen LogP contribution in [0.15, 0.2) is 5.51 Å². The van der Waals surface area contributed by atoms with Crippen molar-refractivity contribution in [2.45, 2.75) is 38.1 Å². The van der Waals surface area contributed by atoms with Gasteiger partial charge in [0.25, 0.3) is 0 Å². The number of likely N-dealkylation sites (tertiary alicyclic amines) is 1. The fourth-order valence-corrected chi connectivity index (χ4v) is 3.93. The first-order chi connectivity index (χ1) is 10.3. The minimum atomic E-state index is 0. The van der Waals surface area contributed by atoms with E-state index in [1.54, 1.807) is 11.3 Å². The maximum Gasteiger partial charge on any atom is 0.224 e. The van der Waals surface area contributed by atoms with Crippen molar-refractivity contribution < 1.29 is 4.79 Å². The zero-order chi connectivity index (χ0) is 14.7. The number of halogens is 1. The van der Waals surface area contributed by atoms with E-state index in [1.165, 1.54) is 23.4 Å². The van der Waals surface area contributed by atoms with Crippen LogP contribution in [0.25, 0.3) is 0 Å². The molecule has 1 unspecified atom stereocenters. The first-order valence-corrected chi connectivity index (χ1v) is 8.78. The zero-order valence-corrected chi connectivity index (χ0v) is 14.4. The number of hydrogen-bond acceptors (Lipinski definition) is 5. The van der Waals surface area contributed by atoms with Crippen LogP contribution in [0.2, 0.25) is 0 Å². The van der Waals surface area contributed by atoms with Crippen LogP contribution in [0.1, 0.15) is 42.2 Å². The lowest BCUT2D eigenvalue weighted by Crippen LogP contribution is -2.43. The number of amides is 1. The van der Waals surface area contributed by atoms with Crippen LogP contribution in [-0.4, -0.2) is 42.0 Å². The summed E-state index contributed by atoms with van der Waals surface area (Å²) in [6.45, 7) is 3.99. The van der Waals surface area contributed by atoms with E-state index in [-0.39, 0.29) is 24.2 Å². The van der Waals surface area contributed by atoms with E-state index in [1.807, 2.05) is 5.51 Å².